The SMILES string of the molecule is Cc1ccc(S(=O)(=O)OC[C@@H]2CCC(=O)N2COCC[Si](C)(C)C)cc1. The lowest BCUT2D eigenvalue weighted by Crippen LogP contribution is -2.38. The third kappa shape index (κ3) is 6.19. The molecule has 1 aromatic rings. The van der Waals surface area contributed by atoms with E-state index in [0.29, 0.717) is 19.4 Å². The number of nitrogens with zero attached hydrogens (tertiary/aromatic N) is 1. The molecule has 1 saturated heterocycles. The molecule has 1 atom stereocenters. The first kappa shape index (κ1) is 21.1. The number of carbonyl (C=O) groups excluding carboxylic acids is 1. The minimum Gasteiger partial charge on any atom is -0.361 e. The molecule has 26 heavy (non-hydrogen) atoms. The van der Waals surface area contributed by atoms with Crippen molar-refractivity contribution in [2.24, 2.45) is 0 Å². The van der Waals surface area contributed by atoms with Crippen molar-refractivity contribution in [2.75, 3.05) is 19.9 Å². The van der Waals surface area contributed by atoms with Crippen molar-refractivity contribution in [1.29, 1.82) is 0 Å². The molecule has 0 N–H and O–H groups in total. The van der Waals surface area contributed by atoms with Crippen LogP contribution in [0.1, 0.15) is 18.4 Å². The maximum Gasteiger partial charge on any atom is 0.297 e. The molecule has 1 amide bonds. The zero-order valence-corrected chi connectivity index (χ0v) is 17.8. The van der Waals surface area contributed by atoms with Crippen LogP contribution in [0.25, 0.3) is 0 Å². The monoisotopic (exact) mass is 399 g/mol. The van der Waals surface area contributed by atoms with Crippen molar-refractivity contribution in [1.82, 2.24) is 4.90 Å². The number of rotatable bonds is 9. The Kier molecular flexibility index (Phi) is 7.01. The number of hydrogen-bond donors (Lipinski definition) is 0. The predicted octanol–water partition coefficient (Wildman–Crippen LogP) is 3.00. The fourth-order valence-corrected chi connectivity index (χ4v) is 4.32. The van der Waals surface area contributed by atoms with E-state index in [9.17, 15) is 13.2 Å². The zero-order valence-electron chi connectivity index (χ0n) is 16.0. The minimum absolute atomic E-state index is 0.0145. The van der Waals surface area contributed by atoms with Gasteiger partial charge < -0.3 is 9.64 Å². The van der Waals surface area contributed by atoms with E-state index in [1.807, 2.05) is 6.92 Å². The van der Waals surface area contributed by atoms with Crippen LogP contribution >= 0.6 is 0 Å². The van der Waals surface area contributed by atoms with Gasteiger partial charge in [0.2, 0.25) is 5.91 Å². The largest absolute Gasteiger partial charge is 0.361 e. The second kappa shape index (κ2) is 8.64. The summed E-state index contributed by atoms with van der Waals surface area (Å²) in [4.78, 5) is 13.8. The molecule has 146 valence electrons. The first-order valence-electron chi connectivity index (χ1n) is 8.92. The van der Waals surface area contributed by atoms with Crippen LogP contribution in [0.3, 0.4) is 0 Å². The van der Waals surface area contributed by atoms with Gasteiger partial charge in [0.05, 0.1) is 17.5 Å². The van der Waals surface area contributed by atoms with Crippen molar-refractivity contribution in [3.05, 3.63) is 29.8 Å². The Morgan fingerprint density at radius 1 is 1.19 bits per heavy atom. The van der Waals surface area contributed by atoms with Gasteiger partial charge in [-0.25, -0.2) is 0 Å². The maximum atomic E-state index is 12.3. The summed E-state index contributed by atoms with van der Waals surface area (Å²) in [5.74, 6) is -0.0145. The summed E-state index contributed by atoms with van der Waals surface area (Å²) >= 11 is 0. The van der Waals surface area contributed by atoms with E-state index in [2.05, 4.69) is 19.6 Å². The maximum absolute atomic E-state index is 12.3. The molecule has 1 aromatic carbocycles. The van der Waals surface area contributed by atoms with Gasteiger partial charge in [-0.05, 0) is 31.5 Å². The number of likely N-dealkylation sites (tertiary alicyclic amines) is 1. The summed E-state index contributed by atoms with van der Waals surface area (Å²) in [6.45, 7) is 9.47. The van der Waals surface area contributed by atoms with Crippen LogP contribution in [0, 0.1) is 6.92 Å². The normalized spacial score (nSPS) is 18.5. The lowest BCUT2D eigenvalue weighted by Gasteiger charge is -2.25. The van der Waals surface area contributed by atoms with Gasteiger partial charge in [-0.15, -0.1) is 0 Å². The molecular weight excluding hydrogens is 370 g/mol. The van der Waals surface area contributed by atoms with Crippen molar-refractivity contribution in [2.45, 2.75) is 56.4 Å². The van der Waals surface area contributed by atoms with Crippen LogP contribution in [0.2, 0.25) is 25.7 Å². The molecule has 0 saturated carbocycles. The number of hydrogen-bond acceptors (Lipinski definition) is 5. The average molecular weight is 400 g/mol. The molecule has 0 unspecified atom stereocenters. The summed E-state index contributed by atoms with van der Waals surface area (Å²) in [7, 11) is -5.01. The number of carbonyl (C=O) groups is 1. The topological polar surface area (TPSA) is 72.9 Å². The van der Waals surface area contributed by atoms with Gasteiger partial charge in [0, 0.05) is 21.1 Å². The first-order chi connectivity index (χ1) is 12.1. The molecule has 0 aliphatic carbocycles. The summed E-state index contributed by atoms with van der Waals surface area (Å²) in [5, 5.41) is 0. The van der Waals surface area contributed by atoms with Crippen molar-refractivity contribution in [3.63, 3.8) is 0 Å². The lowest BCUT2D eigenvalue weighted by molar-refractivity contribution is -0.134. The standard InChI is InChI=1S/C18H29NO5SSi/c1-15-5-8-17(9-6-15)25(21,22)24-13-16-7-10-18(20)19(16)14-23-11-12-26(2,3)4/h5-6,8-9,16H,7,10-14H2,1-4H3/t16-/m0/s1. The number of amides is 1. The molecule has 8 heteroatoms. The molecule has 1 aliphatic rings. The molecule has 1 heterocycles. The fraction of sp³-hybridized carbons (Fsp3) is 0.611. The highest BCUT2D eigenvalue weighted by molar-refractivity contribution is 7.86. The molecule has 6 nitrogen and oxygen atoms in total. The highest BCUT2D eigenvalue weighted by atomic mass is 32.2. The molecule has 1 fully saturated rings. The highest BCUT2D eigenvalue weighted by Crippen LogP contribution is 2.21. The van der Waals surface area contributed by atoms with E-state index in [4.69, 9.17) is 8.92 Å². The van der Waals surface area contributed by atoms with Crippen LogP contribution in [0.15, 0.2) is 29.2 Å². The summed E-state index contributed by atoms with van der Waals surface area (Å²) in [6.07, 6.45) is 0.982. The van der Waals surface area contributed by atoms with Crippen molar-refractivity contribution >= 4 is 24.1 Å². The van der Waals surface area contributed by atoms with E-state index < -0.39 is 18.2 Å². The van der Waals surface area contributed by atoms with E-state index in [1.54, 1.807) is 17.0 Å². The first-order valence-corrected chi connectivity index (χ1v) is 14.0. The second-order valence-corrected chi connectivity index (χ2v) is 15.2. The van der Waals surface area contributed by atoms with Crippen molar-refractivity contribution < 1.29 is 22.1 Å². The van der Waals surface area contributed by atoms with Gasteiger partial charge in [0.25, 0.3) is 10.1 Å². The van der Waals surface area contributed by atoms with Crippen molar-refractivity contribution in [3.8, 4) is 0 Å². The number of benzene rings is 1. The molecule has 0 radical (unpaired) electrons. The van der Waals surface area contributed by atoms with E-state index in [0.717, 1.165) is 11.6 Å². The summed E-state index contributed by atoms with van der Waals surface area (Å²) in [6, 6.07) is 7.28. The van der Waals surface area contributed by atoms with Gasteiger partial charge in [0.15, 0.2) is 0 Å². The molecular formula is C18H29NO5SSi. The van der Waals surface area contributed by atoms with Crippen LogP contribution in [0.5, 0.6) is 0 Å². The minimum atomic E-state index is -3.82. The van der Waals surface area contributed by atoms with Gasteiger partial charge in [-0.1, -0.05) is 37.3 Å². The Bertz CT molecular complexity index is 712. The van der Waals surface area contributed by atoms with E-state index >= 15 is 0 Å². The molecule has 1 aliphatic heterocycles. The number of aryl methyl sites for hydroxylation is 1. The molecule has 0 aromatic heterocycles. The van der Waals surface area contributed by atoms with Crippen LogP contribution < -0.4 is 0 Å². The Labute approximate surface area is 157 Å². The van der Waals surface area contributed by atoms with E-state index in [1.165, 1.54) is 12.1 Å². The molecule has 2 rings (SSSR count). The van der Waals surface area contributed by atoms with Crippen LogP contribution in [-0.2, 0) is 23.8 Å². The second-order valence-electron chi connectivity index (χ2n) is 7.96. The van der Waals surface area contributed by atoms with Gasteiger partial charge in [-0.3, -0.25) is 8.98 Å². The zero-order chi connectivity index (χ0) is 19.4. The highest BCUT2D eigenvalue weighted by Gasteiger charge is 2.32. The fourth-order valence-electron chi connectivity index (χ4n) is 2.63. The Balaban J connectivity index is 1.88. The molecule has 0 spiro atoms. The predicted molar refractivity (Wildman–Crippen MR) is 103 cm³/mol. The third-order valence-electron chi connectivity index (χ3n) is 4.40. The number of ether oxygens (including phenoxy) is 1. The Morgan fingerprint density at radius 3 is 2.46 bits per heavy atom. The lowest BCUT2D eigenvalue weighted by atomic mass is 10.2. The third-order valence-corrected chi connectivity index (χ3v) is 7.40. The summed E-state index contributed by atoms with van der Waals surface area (Å²) < 4.78 is 35.5. The average Bonchev–Trinajstić information content (AvgIpc) is 2.89. The molecule has 0 bridgehead atoms. The Hall–Kier alpha value is -1.22. The van der Waals surface area contributed by atoms with E-state index in [-0.39, 0.29) is 30.2 Å². The quantitative estimate of drug-likeness (QED) is 0.363. The van der Waals surface area contributed by atoms with Gasteiger partial charge in [0.1, 0.15) is 6.73 Å². The summed E-state index contributed by atoms with van der Waals surface area (Å²) in [5.41, 5.74) is 0.979. The van der Waals surface area contributed by atoms with Gasteiger partial charge >= 0.3 is 0 Å². The smallest absolute Gasteiger partial charge is 0.297 e. The van der Waals surface area contributed by atoms with Gasteiger partial charge in [-0.2, -0.15) is 8.42 Å². The van der Waals surface area contributed by atoms with Crippen LogP contribution in [-0.4, -0.2) is 53.3 Å². The Morgan fingerprint density at radius 2 is 1.85 bits per heavy atom. The van der Waals surface area contributed by atoms with Crippen LogP contribution in [0.4, 0.5) is 0 Å².